The van der Waals surface area contributed by atoms with Crippen molar-refractivity contribution < 1.29 is 57.4 Å². The van der Waals surface area contributed by atoms with E-state index in [-0.39, 0.29) is 73.2 Å². The molecule has 0 unspecified atom stereocenters. The lowest BCUT2D eigenvalue weighted by molar-refractivity contribution is -0.144. The molecule has 5 rings (SSSR count). The van der Waals surface area contributed by atoms with E-state index >= 15 is 0 Å². The molecule has 6 N–H and O–H groups in total. The lowest BCUT2D eigenvalue weighted by Gasteiger charge is -2.40. The monoisotopic (exact) mass is 792 g/mol. The molecule has 4 aliphatic rings. The van der Waals surface area contributed by atoms with Gasteiger partial charge in [-0.1, -0.05) is 38.1 Å². The Balaban J connectivity index is 1.19. The number of ether oxygens (including phenoxy) is 3. The highest BCUT2D eigenvalue weighted by Crippen LogP contribution is 2.60. The molecular weight excluding hydrogens is 744 g/mol. The smallest absolute Gasteiger partial charge is 0.410 e. The second kappa shape index (κ2) is 16.7. The molecule has 1 aliphatic carbocycles. The van der Waals surface area contributed by atoms with Crippen LogP contribution in [0.15, 0.2) is 46.7 Å². The molecule has 3 aliphatic heterocycles. The number of allylic oxidation sites excluding steroid dienone is 2. The minimum Gasteiger partial charge on any atom is -0.449 e. The Morgan fingerprint density at radius 1 is 0.895 bits per heavy atom. The van der Waals surface area contributed by atoms with E-state index in [1.165, 1.54) is 18.9 Å². The Morgan fingerprint density at radius 2 is 1.53 bits per heavy atom. The zero-order valence-electron chi connectivity index (χ0n) is 32.7. The second-order valence-electron chi connectivity index (χ2n) is 14.8. The number of hydrogen-bond acceptors (Lipinski definition) is 13. The predicted octanol–water partition coefficient (Wildman–Crippen LogP) is 0.484. The summed E-state index contributed by atoms with van der Waals surface area (Å²) >= 11 is 0. The molecule has 5 amide bonds. The summed E-state index contributed by atoms with van der Waals surface area (Å²) in [5.74, 6) is -4.95. The highest BCUT2D eigenvalue weighted by atomic mass is 16.6. The minimum atomic E-state index is -1.40. The van der Waals surface area contributed by atoms with Crippen LogP contribution in [0.1, 0.15) is 65.0 Å². The van der Waals surface area contributed by atoms with Crippen LogP contribution >= 0.6 is 0 Å². The molecule has 7 atom stereocenters. The highest BCUT2D eigenvalue weighted by molar-refractivity contribution is 6.25. The van der Waals surface area contributed by atoms with E-state index in [4.69, 9.17) is 25.7 Å². The number of ketones is 4. The largest absolute Gasteiger partial charge is 0.449 e. The predicted molar refractivity (Wildman–Crippen MR) is 198 cm³/mol. The van der Waals surface area contributed by atoms with E-state index in [0.29, 0.717) is 16.7 Å². The van der Waals surface area contributed by atoms with Gasteiger partial charge in [0.15, 0.2) is 17.3 Å². The lowest BCUT2D eigenvalue weighted by atomic mass is 9.81. The number of primary amides is 2. The molecule has 0 radical (unpaired) electrons. The van der Waals surface area contributed by atoms with E-state index in [0.717, 1.165) is 0 Å². The fraction of sp³-hybridized carbons (Fsp3) is 0.513. The van der Waals surface area contributed by atoms with Crippen molar-refractivity contribution in [1.82, 2.24) is 20.4 Å². The average Bonchev–Trinajstić information content (AvgIpc) is 3.68. The van der Waals surface area contributed by atoms with Crippen molar-refractivity contribution in [2.45, 2.75) is 96.8 Å². The Kier molecular flexibility index (Phi) is 12.4. The number of hydrogen-bond donors (Lipinski definition) is 4. The third-order valence-corrected chi connectivity index (χ3v) is 11.2. The number of methoxy groups -OCH3 is 1. The van der Waals surface area contributed by atoms with Gasteiger partial charge in [0.05, 0.1) is 30.1 Å². The van der Waals surface area contributed by atoms with Gasteiger partial charge < -0.3 is 41.2 Å². The number of nitrogens with two attached hydrogens (primary N) is 2. The summed E-state index contributed by atoms with van der Waals surface area (Å²) in [6, 6.07) is 3.12. The van der Waals surface area contributed by atoms with Crippen molar-refractivity contribution in [3.05, 3.63) is 57.8 Å². The van der Waals surface area contributed by atoms with Crippen LogP contribution in [0.5, 0.6) is 0 Å². The van der Waals surface area contributed by atoms with Crippen LogP contribution in [0.3, 0.4) is 0 Å². The second-order valence-corrected chi connectivity index (χ2v) is 14.8. The first-order chi connectivity index (χ1) is 26.9. The van der Waals surface area contributed by atoms with Gasteiger partial charge in [-0.3, -0.25) is 38.5 Å². The first-order valence-electron chi connectivity index (χ1n) is 18.6. The Labute approximate surface area is 328 Å². The Bertz CT molecular complexity index is 1970. The van der Waals surface area contributed by atoms with Crippen LogP contribution in [-0.4, -0.2) is 113 Å². The van der Waals surface area contributed by atoms with Crippen LogP contribution < -0.4 is 22.1 Å². The summed E-state index contributed by atoms with van der Waals surface area (Å²) in [7, 11) is 1.40. The van der Waals surface area contributed by atoms with Gasteiger partial charge in [0.1, 0.15) is 31.1 Å². The molecule has 0 spiro atoms. The third-order valence-electron chi connectivity index (χ3n) is 11.2. The number of rotatable bonds is 17. The summed E-state index contributed by atoms with van der Waals surface area (Å²) in [6.45, 7) is 7.45. The maximum Gasteiger partial charge on any atom is 0.410 e. The lowest BCUT2D eigenvalue weighted by Crippen LogP contribution is -2.56. The standard InChI is InChI=1S/C39H48N6O12/c1-7-24(46)12-18(2)35(51)42-21(5)36(52)43-26(14-29(40)48)28(47)13-22-8-10-23(11-9-22)16-57-38(54)45-27-15-44-31-30(32(49)19(3)20(4)33(31)50)25(17-56-37(41)53)39(44,55-6)34(27)45/h8-11,18,21,25-27,34H,7,12-17H2,1-6H3,(H2,40,48)(H2,41,53)(H,42,51)(H,43,52)/t18-,21+,25-,26+,27+,34+,39-,45?/m0/s1. The molecule has 0 aromatic heterocycles. The van der Waals surface area contributed by atoms with E-state index in [2.05, 4.69) is 10.6 Å². The molecule has 57 heavy (non-hydrogen) atoms. The Morgan fingerprint density at radius 3 is 2.12 bits per heavy atom. The SMILES string of the molecule is CCC(=O)C[C@H](C)C(=O)N[C@H](C)C(=O)N[C@H](CC(N)=O)C(=O)Cc1ccc(COC(=O)N2[C@@H]3CN4C5=C(C(=O)C(C)=C(C)C5=O)[C@H](COC(N)=O)[C@]4(OC)[C@@H]32)cc1. The van der Waals surface area contributed by atoms with Crippen molar-refractivity contribution in [1.29, 1.82) is 0 Å². The molecule has 3 heterocycles. The number of Topliss-reactive ketones (excluding diaryl/α,β-unsaturated/α-hetero) is 4. The first kappa shape index (κ1) is 42.2. The van der Waals surface area contributed by atoms with Crippen molar-refractivity contribution in [2.24, 2.45) is 23.3 Å². The van der Waals surface area contributed by atoms with Crippen molar-refractivity contribution in [3.63, 3.8) is 0 Å². The topological polar surface area (TPSA) is 264 Å². The Hall–Kier alpha value is -5.91. The molecule has 306 valence electrons. The molecule has 1 aromatic carbocycles. The number of carbonyl (C=O) groups excluding carboxylic acids is 9. The molecule has 18 heteroatoms. The van der Waals surface area contributed by atoms with Gasteiger partial charge in [0, 0.05) is 55.6 Å². The summed E-state index contributed by atoms with van der Waals surface area (Å²) < 4.78 is 16.8. The van der Waals surface area contributed by atoms with Crippen LogP contribution in [0.2, 0.25) is 0 Å². The van der Waals surface area contributed by atoms with Crippen LogP contribution in [-0.2, 0) is 60.8 Å². The number of piperazine rings is 1. The maximum atomic E-state index is 13.5. The highest BCUT2D eigenvalue weighted by Gasteiger charge is 2.78. The van der Waals surface area contributed by atoms with Gasteiger partial charge >= 0.3 is 12.2 Å². The van der Waals surface area contributed by atoms with Gasteiger partial charge in [-0.15, -0.1) is 0 Å². The van der Waals surface area contributed by atoms with Gasteiger partial charge in [-0.25, -0.2) is 9.59 Å². The molecule has 0 bridgehead atoms. The molecule has 18 nitrogen and oxygen atoms in total. The molecule has 1 aromatic rings. The summed E-state index contributed by atoms with van der Waals surface area (Å²) in [5, 5.41) is 5.01. The van der Waals surface area contributed by atoms with E-state index in [9.17, 15) is 43.2 Å². The van der Waals surface area contributed by atoms with E-state index in [1.807, 2.05) is 0 Å². The maximum absolute atomic E-state index is 13.5. The molecule has 2 fully saturated rings. The zero-order valence-corrected chi connectivity index (χ0v) is 32.7. The van der Waals surface area contributed by atoms with Gasteiger partial charge in [0.2, 0.25) is 23.5 Å². The fourth-order valence-electron chi connectivity index (χ4n) is 7.87. The molecule has 2 saturated heterocycles. The minimum absolute atomic E-state index is 0.0243. The van der Waals surface area contributed by atoms with Crippen molar-refractivity contribution in [2.75, 3.05) is 20.3 Å². The third kappa shape index (κ3) is 8.17. The van der Waals surface area contributed by atoms with Crippen LogP contribution in [0.4, 0.5) is 9.59 Å². The number of nitrogens with zero attached hydrogens (tertiary/aromatic N) is 2. The fourth-order valence-corrected chi connectivity index (χ4v) is 7.87. The summed E-state index contributed by atoms with van der Waals surface area (Å²) in [6.07, 6.45) is -2.10. The van der Waals surface area contributed by atoms with Gasteiger partial charge in [-0.2, -0.15) is 0 Å². The number of benzene rings is 1. The zero-order chi connectivity index (χ0) is 42.1. The molecular formula is C39H48N6O12. The van der Waals surface area contributed by atoms with Crippen molar-refractivity contribution >= 4 is 53.0 Å². The normalized spacial score (nSPS) is 23.5. The number of fused-ring (bicyclic) bond motifs is 4. The number of carbonyl (C=O) groups is 9. The van der Waals surface area contributed by atoms with Crippen LogP contribution in [0, 0.1) is 11.8 Å². The van der Waals surface area contributed by atoms with E-state index in [1.54, 1.807) is 56.9 Å². The number of nitrogens with one attached hydrogen (secondary N) is 2. The van der Waals surface area contributed by atoms with Crippen LogP contribution in [0.25, 0.3) is 0 Å². The summed E-state index contributed by atoms with van der Waals surface area (Å²) in [5.41, 5.74) is 11.2. The van der Waals surface area contributed by atoms with Gasteiger partial charge in [0.25, 0.3) is 0 Å². The van der Waals surface area contributed by atoms with Gasteiger partial charge in [-0.05, 0) is 31.9 Å². The molecule has 0 saturated carbocycles. The first-order valence-corrected chi connectivity index (χ1v) is 18.6. The average molecular weight is 793 g/mol. The quantitative estimate of drug-likeness (QED) is 0.124. The number of amides is 5. The summed E-state index contributed by atoms with van der Waals surface area (Å²) in [4.78, 5) is 117. The van der Waals surface area contributed by atoms with E-state index < -0.39 is 83.8 Å². The van der Waals surface area contributed by atoms with Crippen molar-refractivity contribution in [3.8, 4) is 0 Å².